The zero-order valence-corrected chi connectivity index (χ0v) is 13.4. The lowest BCUT2D eigenvalue weighted by atomic mass is 10.1. The van der Waals surface area contributed by atoms with Crippen LogP contribution in [-0.4, -0.2) is 30.2 Å². The molecule has 0 saturated heterocycles. The van der Waals surface area contributed by atoms with Crippen LogP contribution in [0.4, 0.5) is 16.5 Å². The molecule has 0 spiro atoms. The molecule has 0 unspecified atom stereocenters. The molecule has 1 heterocycles. The first-order valence-corrected chi connectivity index (χ1v) is 7.68. The summed E-state index contributed by atoms with van der Waals surface area (Å²) in [6, 6.07) is 12.7. The number of carbonyl (C=O) groups is 1. The minimum atomic E-state index is -1.04. The second-order valence-electron chi connectivity index (χ2n) is 5.07. The van der Waals surface area contributed by atoms with Gasteiger partial charge in [-0.05, 0) is 30.3 Å². The van der Waals surface area contributed by atoms with Gasteiger partial charge < -0.3 is 10.0 Å². The first kappa shape index (κ1) is 15.1. The Kier molecular flexibility index (Phi) is 4.03. The van der Waals surface area contributed by atoms with Gasteiger partial charge in [0.25, 0.3) is 0 Å². The average molecular weight is 326 g/mol. The summed E-state index contributed by atoms with van der Waals surface area (Å²) in [5.74, 6) is -1.04. The van der Waals surface area contributed by atoms with Crippen molar-refractivity contribution < 1.29 is 9.90 Å². The summed E-state index contributed by atoms with van der Waals surface area (Å²) in [7, 11) is 3.70. The Morgan fingerprint density at radius 2 is 1.96 bits per heavy atom. The van der Waals surface area contributed by atoms with Gasteiger partial charge in [0.1, 0.15) is 5.69 Å². The maximum atomic E-state index is 11.4. The van der Waals surface area contributed by atoms with Crippen molar-refractivity contribution in [2.24, 2.45) is 10.2 Å². The zero-order valence-electron chi connectivity index (χ0n) is 12.6. The Hall–Kier alpha value is -2.80. The number of azo groups is 1. The Morgan fingerprint density at radius 1 is 1.17 bits per heavy atom. The smallest absolute Gasteiger partial charge is 0.338 e. The largest absolute Gasteiger partial charge is 0.478 e. The molecule has 0 aliphatic carbocycles. The van der Waals surface area contributed by atoms with Gasteiger partial charge in [0, 0.05) is 19.8 Å². The molecule has 0 amide bonds. The molecule has 7 heteroatoms. The number of benzene rings is 2. The number of hydrogen-bond donors (Lipinski definition) is 1. The Balaban J connectivity index is 1.96. The summed E-state index contributed by atoms with van der Waals surface area (Å²) >= 11 is 1.41. The van der Waals surface area contributed by atoms with Gasteiger partial charge in [-0.2, -0.15) is 0 Å². The standard InChI is InChI=1S/C16H14N4O2S/c1-20(2)10-7-8-12(11(9-10)15(21)22)18-19-16-17-13-5-3-4-6-14(13)23-16/h3-9H,1-2H3,(H,21,22)/b19-18+. The number of para-hydroxylation sites is 1. The van der Waals surface area contributed by atoms with Crippen LogP contribution in [0.1, 0.15) is 10.4 Å². The highest BCUT2D eigenvalue weighted by atomic mass is 32.1. The van der Waals surface area contributed by atoms with Crippen molar-refractivity contribution in [1.82, 2.24) is 4.98 Å². The highest BCUT2D eigenvalue weighted by Crippen LogP contribution is 2.31. The Bertz CT molecular complexity index is 869. The predicted octanol–water partition coefficient (Wildman–Crippen LogP) is 4.48. The zero-order chi connectivity index (χ0) is 16.4. The van der Waals surface area contributed by atoms with Gasteiger partial charge in [0.2, 0.25) is 5.13 Å². The number of rotatable bonds is 4. The maximum Gasteiger partial charge on any atom is 0.338 e. The number of fused-ring (bicyclic) bond motifs is 1. The molecule has 0 fully saturated rings. The summed E-state index contributed by atoms with van der Waals surface area (Å²) in [6.45, 7) is 0. The van der Waals surface area contributed by atoms with E-state index in [0.29, 0.717) is 10.8 Å². The highest BCUT2D eigenvalue weighted by Gasteiger charge is 2.12. The van der Waals surface area contributed by atoms with Gasteiger partial charge in [0.15, 0.2) is 0 Å². The third-order valence-corrected chi connectivity index (χ3v) is 4.17. The third-order valence-electron chi connectivity index (χ3n) is 3.25. The molecule has 3 aromatic rings. The number of aromatic carboxylic acids is 1. The number of aromatic nitrogens is 1. The Labute approximate surface area is 136 Å². The van der Waals surface area contributed by atoms with Crippen molar-refractivity contribution in [3.63, 3.8) is 0 Å². The number of thiazole rings is 1. The molecule has 0 bridgehead atoms. The molecular weight excluding hydrogens is 312 g/mol. The molecule has 0 aliphatic heterocycles. The molecule has 6 nitrogen and oxygen atoms in total. The fourth-order valence-corrected chi connectivity index (χ4v) is 2.85. The highest BCUT2D eigenvalue weighted by molar-refractivity contribution is 7.21. The average Bonchev–Trinajstić information content (AvgIpc) is 2.95. The maximum absolute atomic E-state index is 11.4. The minimum absolute atomic E-state index is 0.112. The second-order valence-corrected chi connectivity index (χ2v) is 6.07. The fourth-order valence-electron chi connectivity index (χ4n) is 2.06. The van der Waals surface area contributed by atoms with E-state index in [-0.39, 0.29) is 5.56 Å². The molecule has 0 radical (unpaired) electrons. The number of anilines is 1. The van der Waals surface area contributed by atoms with Crippen LogP contribution in [0.25, 0.3) is 10.2 Å². The lowest BCUT2D eigenvalue weighted by Crippen LogP contribution is -2.09. The van der Waals surface area contributed by atoms with Crippen LogP contribution >= 0.6 is 11.3 Å². The van der Waals surface area contributed by atoms with Crippen molar-refractivity contribution >= 4 is 44.0 Å². The van der Waals surface area contributed by atoms with Crippen LogP contribution in [0, 0.1) is 0 Å². The molecule has 1 aromatic heterocycles. The molecule has 116 valence electrons. The number of nitrogens with zero attached hydrogens (tertiary/aromatic N) is 4. The van der Waals surface area contributed by atoms with Crippen molar-refractivity contribution in [3.8, 4) is 0 Å². The third kappa shape index (κ3) is 3.19. The van der Waals surface area contributed by atoms with Gasteiger partial charge in [-0.3, -0.25) is 0 Å². The normalized spacial score (nSPS) is 11.2. The molecule has 2 aromatic carbocycles. The van der Waals surface area contributed by atoms with Crippen molar-refractivity contribution in [3.05, 3.63) is 48.0 Å². The fraction of sp³-hybridized carbons (Fsp3) is 0.125. The van der Waals surface area contributed by atoms with Crippen LogP contribution in [-0.2, 0) is 0 Å². The summed E-state index contributed by atoms with van der Waals surface area (Å²) < 4.78 is 1.02. The van der Waals surface area contributed by atoms with E-state index in [1.54, 1.807) is 18.2 Å². The predicted molar refractivity (Wildman–Crippen MR) is 91.5 cm³/mol. The van der Waals surface area contributed by atoms with Crippen molar-refractivity contribution in [1.29, 1.82) is 0 Å². The van der Waals surface area contributed by atoms with Gasteiger partial charge in [-0.1, -0.05) is 23.5 Å². The lowest BCUT2D eigenvalue weighted by Gasteiger charge is -2.13. The number of carboxylic acids is 1. The first-order valence-electron chi connectivity index (χ1n) is 6.86. The molecule has 23 heavy (non-hydrogen) atoms. The molecule has 0 aliphatic rings. The SMILES string of the molecule is CN(C)c1ccc(/N=N/c2nc3ccccc3s2)c(C(=O)O)c1. The summed E-state index contributed by atoms with van der Waals surface area (Å²) in [5.41, 5.74) is 2.07. The van der Waals surface area contributed by atoms with Crippen LogP contribution < -0.4 is 4.90 Å². The van der Waals surface area contributed by atoms with E-state index in [0.717, 1.165) is 15.9 Å². The lowest BCUT2D eigenvalue weighted by molar-refractivity contribution is 0.0698. The van der Waals surface area contributed by atoms with Crippen molar-refractivity contribution in [2.45, 2.75) is 0 Å². The van der Waals surface area contributed by atoms with E-state index < -0.39 is 5.97 Å². The molecule has 0 atom stereocenters. The van der Waals surface area contributed by atoms with Gasteiger partial charge in [-0.15, -0.1) is 10.2 Å². The summed E-state index contributed by atoms with van der Waals surface area (Å²) in [6.07, 6.45) is 0. The quantitative estimate of drug-likeness (QED) is 0.717. The topological polar surface area (TPSA) is 78.2 Å². The molecule has 3 rings (SSSR count). The van der Waals surface area contributed by atoms with Crippen LogP contribution in [0.5, 0.6) is 0 Å². The molecule has 1 N–H and O–H groups in total. The van der Waals surface area contributed by atoms with E-state index in [1.807, 2.05) is 43.3 Å². The van der Waals surface area contributed by atoms with E-state index in [4.69, 9.17) is 0 Å². The summed E-state index contributed by atoms with van der Waals surface area (Å²) in [4.78, 5) is 17.6. The Morgan fingerprint density at radius 3 is 2.65 bits per heavy atom. The van der Waals surface area contributed by atoms with E-state index in [9.17, 15) is 9.90 Å². The summed E-state index contributed by atoms with van der Waals surface area (Å²) in [5, 5.41) is 18.0. The van der Waals surface area contributed by atoms with Crippen LogP contribution in [0.15, 0.2) is 52.7 Å². The molecular formula is C16H14N4O2S. The van der Waals surface area contributed by atoms with Crippen molar-refractivity contribution in [2.75, 3.05) is 19.0 Å². The van der Waals surface area contributed by atoms with Gasteiger partial charge >= 0.3 is 5.97 Å². The second kappa shape index (κ2) is 6.13. The minimum Gasteiger partial charge on any atom is -0.478 e. The van der Waals surface area contributed by atoms with Crippen LogP contribution in [0.2, 0.25) is 0 Å². The van der Waals surface area contributed by atoms with E-state index in [1.165, 1.54) is 11.3 Å². The van der Waals surface area contributed by atoms with E-state index in [2.05, 4.69) is 15.2 Å². The van der Waals surface area contributed by atoms with E-state index >= 15 is 0 Å². The number of hydrogen-bond acceptors (Lipinski definition) is 6. The monoisotopic (exact) mass is 326 g/mol. The molecule has 0 saturated carbocycles. The van der Waals surface area contributed by atoms with Crippen LogP contribution in [0.3, 0.4) is 0 Å². The number of carboxylic acid groups (broad SMARTS) is 1. The van der Waals surface area contributed by atoms with Gasteiger partial charge in [-0.25, -0.2) is 9.78 Å². The van der Waals surface area contributed by atoms with Gasteiger partial charge in [0.05, 0.1) is 15.8 Å². The first-order chi connectivity index (χ1) is 11.0.